The van der Waals surface area contributed by atoms with Crippen LogP contribution in [0.1, 0.15) is 33.6 Å². The van der Waals surface area contributed by atoms with Crippen molar-refractivity contribution in [3.63, 3.8) is 0 Å². The molecule has 18 heavy (non-hydrogen) atoms. The molecular formula is C14H28N2O2. The Morgan fingerprint density at radius 2 is 2.22 bits per heavy atom. The Morgan fingerprint density at radius 3 is 2.83 bits per heavy atom. The van der Waals surface area contributed by atoms with Gasteiger partial charge < -0.3 is 9.64 Å². The fourth-order valence-corrected chi connectivity index (χ4v) is 2.31. The molecule has 0 spiro atoms. The van der Waals surface area contributed by atoms with Crippen molar-refractivity contribution in [2.75, 3.05) is 39.8 Å². The average Bonchev–Trinajstić information content (AvgIpc) is 2.35. The highest BCUT2D eigenvalue weighted by molar-refractivity contribution is 5.77. The maximum atomic E-state index is 11.8. The normalized spacial score (nSPS) is 21.3. The van der Waals surface area contributed by atoms with Crippen LogP contribution in [0.2, 0.25) is 0 Å². The van der Waals surface area contributed by atoms with Crippen molar-refractivity contribution in [1.29, 1.82) is 0 Å². The minimum Gasteiger partial charge on any atom is -0.374 e. The van der Waals surface area contributed by atoms with E-state index in [1.165, 1.54) is 12.8 Å². The molecular weight excluding hydrogens is 228 g/mol. The molecule has 0 aromatic rings. The topological polar surface area (TPSA) is 32.8 Å². The van der Waals surface area contributed by atoms with Crippen LogP contribution in [0.25, 0.3) is 0 Å². The van der Waals surface area contributed by atoms with Crippen molar-refractivity contribution in [3.05, 3.63) is 0 Å². The van der Waals surface area contributed by atoms with Gasteiger partial charge in [-0.3, -0.25) is 9.69 Å². The average molecular weight is 256 g/mol. The molecule has 0 N–H and O–H groups in total. The molecule has 1 aliphatic heterocycles. The summed E-state index contributed by atoms with van der Waals surface area (Å²) in [5.41, 5.74) is 0. The molecule has 106 valence electrons. The third kappa shape index (κ3) is 4.94. The molecule has 1 saturated heterocycles. The summed E-state index contributed by atoms with van der Waals surface area (Å²) in [4.78, 5) is 16.1. The monoisotopic (exact) mass is 256 g/mol. The fourth-order valence-electron chi connectivity index (χ4n) is 2.31. The van der Waals surface area contributed by atoms with Gasteiger partial charge in [-0.15, -0.1) is 0 Å². The first-order chi connectivity index (χ1) is 8.54. The van der Waals surface area contributed by atoms with Crippen molar-refractivity contribution in [3.8, 4) is 0 Å². The van der Waals surface area contributed by atoms with Crippen LogP contribution in [-0.4, -0.2) is 61.6 Å². The second-order valence-corrected chi connectivity index (χ2v) is 5.52. The molecule has 1 amide bonds. The van der Waals surface area contributed by atoms with Gasteiger partial charge in [-0.05, 0) is 13.0 Å². The summed E-state index contributed by atoms with van der Waals surface area (Å²) in [7, 11) is 1.87. The van der Waals surface area contributed by atoms with E-state index in [9.17, 15) is 4.79 Å². The van der Waals surface area contributed by atoms with Crippen molar-refractivity contribution in [1.82, 2.24) is 9.80 Å². The summed E-state index contributed by atoms with van der Waals surface area (Å²) in [5, 5.41) is 0. The minimum absolute atomic E-state index is 0.0646. The maximum absolute atomic E-state index is 11.8. The zero-order valence-electron chi connectivity index (χ0n) is 12.3. The van der Waals surface area contributed by atoms with Gasteiger partial charge in [0.1, 0.15) is 0 Å². The van der Waals surface area contributed by atoms with Gasteiger partial charge in [-0.25, -0.2) is 0 Å². The molecule has 1 unspecified atom stereocenters. The Labute approximate surface area is 111 Å². The quantitative estimate of drug-likeness (QED) is 0.723. The van der Waals surface area contributed by atoms with E-state index in [1.807, 2.05) is 20.9 Å². The van der Waals surface area contributed by atoms with Crippen molar-refractivity contribution < 1.29 is 9.53 Å². The molecule has 4 heteroatoms. The predicted molar refractivity (Wildman–Crippen MR) is 73.6 cm³/mol. The Balaban J connectivity index is 2.35. The van der Waals surface area contributed by atoms with Crippen LogP contribution in [0.4, 0.5) is 0 Å². The first-order valence-electron chi connectivity index (χ1n) is 7.13. The summed E-state index contributed by atoms with van der Waals surface area (Å²) in [6.07, 6.45) is 2.64. The number of rotatable bonds is 6. The third-order valence-corrected chi connectivity index (χ3v) is 3.40. The van der Waals surface area contributed by atoms with E-state index in [2.05, 4.69) is 11.8 Å². The lowest BCUT2D eigenvalue weighted by Crippen LogP contribution is -2.48. The molecule has 0 radical (unpaired) electrons. The summed E-state index contributed by atoms with van der Waals surface area (Å²) in [6.45, 7) is 10.7. The Morgan fingerprint density at radius 1 is 1.50 bits per heavy atom. The first kappa shape index (κ1) is 15.4. The smallest absolute Gasteiger partial charge is 0.224 e. The highest BCUT2D eigenvalue weighted by atomic mass is 16.5. The zero-order valence-corrected chi connectivity index (χ0v) is 12.3. The van der Waals surface area contributed by atoms with Gasteiger partial charge in [0.15, 0.2) is 0 Å². The molecule has 0 aromatic heterocycles. The molecule has 1 heterocycles. The SMILES string of the molecule is CCCCN1CCOC(CN(C)C(=O)C(C)C)C1. The molecule has 0 aromatic carbocycles. The van der Waals surface area contributed by atoms with Gasteiger partial charge in [-0.2, -0.15) is 0 Å². The summed E-state index contributed by atoms with van der Waals surface area (Å²) < 4.78 is 5.75. The van der Waals surface area contributed by atoms with Crippen LogP contribution in [0.3, 0.4) is 0 Å². The number of hydrogen-bond acceptors (Lipinski definition) is 3. The number of morpholine rings is 1. The van der Waals surface area contributed by atoms with Crippen LogP contribution in [0, 0.1) is 5.92 Å². The van der Waals surface area contributed by atoms with E-state index in [0.29, 0.717) is 6.54 Å². The van der Waals surface area contributed by atoms with E-state index in [0.717, 1.165) is 26.2 Å². The molecule has 4 nitrogen and oxygen atoms in total. The number of ether oxygens (including phenoxy) is 1. The van der Waals surface area contributed by atoms with Crippen LogP contribution in [-0.2, 0) is 9.53 Å². The molecule has 0 saturated carbocycles. The lowest BCUT2D eigenvalue weighted by atomic mass is 10.1. The highest BCUT2D eigenvalue weighted by Gasteiger charge is 2.23. The Kier molecular flexibility index (Phi) is 6.65. The van der Waals surface area contributed by atoms with Crippen molar-refractivity contribution in [2.45, 2.75) is 39.7 Å². The van der Waals surface area contributed by atoms with Crippen molar-refractivity contribution in [2.24, 2.45) is 5.92 Å². The number of unbranched alkanes of at least 4 members (excludes halogenated alkanes) is 1. The van der Waals surface area contributed by atoms with Gasteiger partial charge in [0.2, 0.25) is 5.91 Å². The minimum atomic E-state index is 0.0646. The van der Waals surface area contributed by atoms with E-state index in [1.54, 1.807) is 4.90 Å². The standard InChI is InChI=1S/C14H28N2O2/c1-5-6-7-16-8-9-18-13(11-16)10-15(4)14(17)12(2)3/h12-13H,5-11H2,1-4H3. The Bertz CT molecular complexity index is 256. The predicted octanol–water partition coefficient (Wildman–Crippen LogP) is 1.60. The Hall–Kier alpha value is -0.610. The molecule has 1 fully saturated rings. The lowest BCUT2D eigenvalue weighted by Gasteiger charge is -2.35. The third-order valence-electron chi connectivity index (χ3n) is 3.40. The lowest BCUT2D eigenvalue weighted by molar-refractivity contribution is -0.136. The molecule has 1 atom stereocenters. The largest absolute Gasteiger partial charge is 0.374 e. The molecule has 0 bridgehead atoms. The van der Waals surface area contributed by atoms with Gasteiger partial charge in [0.25, 0.3) is 0 Å². The number of carbonyl (C=O) groups is 1. The second kappa shape index (κ2) is 7.74. The van der Waals surface area contributed by atoms with E-state index >= 15 is 0 Å². The molecule has 1 rings (SSSR count). The van der Waals surface area contributed by atoms with Crippen LogP contribution >= 0.6 is 0 Å². The van der Waals surface area contributed by atoms with E-state index < -0.39 is 0 Å². The number of hydrogen-bond donors (Lipinski definition) is 0. The maximum Gasteiger partial charge on any atom is 0.224 e. The van der Waals surface area contributed by atoms with Crippen LogP contribution in [0.15, 0.2) is 0 Å². The summed E-state index contributed by atoms with van der Waals surface area (Å²) >= 11 is 0. The molecule has 1 aliphatic rings. The number of amides is 1. The number of likely N-dealkylation sites (N-methyl/N-ethyl adjacent to an activating group) is 1. The van der Waals surface area contributed by atoms with Gasteiger partial charge in [-0.1, -0.05) is 27.2 Å². The van der Waals surface area contributed by atoms with E-state index in [-0.39, 0.29) is 17.9 Å². The van der Waals surface area contributed by atoms with Gasteiger partial charge in [0.05, 0.1) is 12.7 Å². The number of nitrogens with zero attached hydrogens (tertiary/aromatic N) is 2. The first-order valence-corrected chi connectivity index (χ1v) is 7.13. The summed E-state index contributed by atoms with van der Waals surface area (Å²) in [6, 6.07) is 0. The highest BCUT2D eigenvalue weighted by Crippen LogP contribution is 2.09. The van der Waals surface area contributed by atoms with Crippen LogP contribution < -0.4 is 0 Å². The zero-order chi connectivity index (χ0) is 13.5. The van der Waals surface area contributed by atoms with Gasteiger partial charge >= 0.3 is 0 Å². The summed E-state index contributed by atoms with van der Waals surface area (Å²) in [5.74, 6) is 0.263. The second-order valence-electron chi connectivity index (χ2n) is 5.52. The van der Waals surface area contributed by atoms with Crippen molar-refractivity contribution >= 4 is 5.91 Å². The fraction of sp³-hybridized carbons (Fsp3) is 0.929. The number of carbonyl (C=O) groups excluding carboxylic acids is 1. The van der Waals surface area contributed by atoms with E-state index in [4.69, 9.17) is 4.74 Å². The molecule has 0 aliphatic carbocycles. The van der Waals surface area contributed by atoms with Crippen LogP contribution in [0.5, 0.6) is 0 Å². The van der Waals surface area contributed by atoms with Gasteiger partial charge in [0, 0.05) is 32.6 Å².